The molecular weight excluding hydrogens is 588 g/mol. The quantitative estimate of drug-likeness (QED) is 0.234. The average Bonchev–Trinajstić information content (AvgIpc) is 3.84. The number of hydrogen-bond acceptors (Lipinski definition) is 11. The minimum Gasteiger partial charge on any atom is -0.490 e. The zero-order chi connectivity index (χ0) is 32.8. The second-order valence-corrected chi connectivity index (χ2v) is 11.9. The smallest absolute Gasteiger partial charge is 0.335 e. The largest absolute Gasteiger partial charge is 0.490 e. The van der Waals surface area contributed by atoms with Crippen LogP contribution in [0.1, 0.15) is 58.6 Å². The van der Waals surface area contributed by atoms with Gasteiger partial charge in [-0.25, -0.2) is 14.8 Å². The lowest BCUT2D eigenvalue weighted by Gasteiger charge is -2.17. The van der Waals surface area contributed by atoms with E-state index in [-0.39, 0.29) is 13.2 Å². The van der Waals surface area contributed by atoms with Gasteiger partial charge in [0.25, 0.3) is 5.89 Å². The van der Waals surface area contributed by atoms with Gasteiger partial charge >= 0.3 is 5.97 Å². The van der Waals surface area contributed by atoms with Crippen LogP contribution in [0.3, 0.4) is 0 Å². The Labute approximate surface area is 268 Å². The van der Waals surface area contributed by atoms with Gasteiger partial charge in [-0.1, -0.05) is 5.16 Å². The van der Waals surface area contributed by atoms with Gasteiger partial charge in [0, 0.05) is 48.7 Å². The Balaban J connectivity index is 0.000000232. The summed E-state index contributed by atoms with van der Waals surface area (Å²) in [5.74, 6) is 2.50. The lowest BCUT2D eigenvalue weighted by molar-refractivity contribution is 0.0532. The number of anilines is 2. The molecule has 12 heteroatoms. The topological polar surface area (TPSA) is 158 Å². The molecule has 3 aromatic heterocycles. The van der Waals surface area contributed by atoms with Crippen LogP contribution in [0.15, 0.2) is 40.9 Å². The number of pyridine rings is 2. The van der Waals surface area contributed by atoms with Crippen molar-refractivity contribution in [3.63, 3.8) is 0 Å². The van der Waals surface area contributed by atoms with E-state index in [1.807, 2.05) is 52.0 Å². The Morgan fingerprint density at radius 3 is 1.96 bits per heavy atom. The molecule has 2 fully saturated rings. The molecule has 1 unspecified atom stereocenters. The van der Waals surface area contributed by atoms with Gasteiger partial charge in [0.15, 0.2) is 0 Å². The number of carboxylic acid groups (broad SMARTS) is 1. The molecular formula is C34H42N6O6. The Morgan fingerprint density at radius 2 is 1.39 bits per heavy atom. The number of aromatic nitrogens is 4. The summed E-state index contributed by atoms with van der Waals surface area (Å²) in [5, 5.41) is 31.6. The lowest BCUT2D eigenvalue weighted by Crippen LogP contribution is -2.21. The molecule has 6 rings (SSSR count). The van der Waals surface area contributed by atoms with Crippen LogP contribution in [-0.2, 0) is 0 Å². The van der Waals surface area contributed by atoms with E-state index >= 15 is 0 Å². The molecule has 2 aliphatic rings. The van der Waals surface area contributed by atoms with Crippen LogP contribution in [-0.4, -0.2) is 86.9 Å². The number of carboxylic acids is 1. The molecule has 2 aliphatic heterocycles. The summed E-state index contributed by atoms with van der Waals surface area (Å²) in [7, 11) is 0. The molecule has 244 valence electrons. The molecule has 1 aromatic carbocycles. The molecule has 0 saturated carbocycles. The monoisotopic (exact) mass is 630 g/mol. The van der Waals surface area contributed by atoms with Crippen molar-refractivity contribution >= 4 is 17.6 Å². The minimum absolute atomic E-state index is 0.0324. The summed E-state index contributed by atoms with van der Waals surface area (Å²) in [6.07, 6.45) is 3.79. The van der Waals surface area contributed by atoms with Crippen molar-refractivity contribution in [3.8, 4) is 28.6 Å². The van der Waals surface area contributed by atoms with Gasteiger partial charge in [-0.2, -0.15) is 4.98 Å². The number of nitrogens with zero attached hydrogens (tertiary/aromatic N) is 6. The summed E-state index contributed by atoms with van der Waals surface area (Å²) in [6.45, 7) is 11.3. The fourth-order valence-corrected chi connectivity index (χ4v) is 5.76. The van der Waals surface area contributed by atoms with Gasteiger partial charge in [-0.15, -0.1) is 0 Å². The molecule has 0 amide bonds. The molecule has 4 aromatic rings. The fourth-order valence-electron chi connectivity index (χ4n) is 5.76. The van der Waals surface area contributed by atoms with Gasteiger partial charge in [0.1, 0.15) is 30.1 Å². The Morgan fingerprint density at radius 1 is 0.826 bits per heavy atom. The fraction of sp³-hybridized carbons (Fsp3) is 0.441. The van der Waals surface area contributed by atoms with Gasteiger partial charge < -0.3 is 34.4 Å². The zero-order valence-electron chi connectivity index (χ0n) is 26.9. The summed E-state index contributed by atoms with van der Waals surface area (Å²) < 4.78 is 11.3. The maximum absolute atomic E-state index is 10.9. The summed E-state index contributed by atoms with van der Waals surface area (Å²) >= 11 is 0. The molecule has 12 nitrogen and oxygen atoms in total. The van der Waals surface area contributed by atoms with E-state index in [1.165, 1.54) is 12.8 Å². The number of aryl methyl sites for hydroxylation is 4. The Bertz CT molecular complexity index is 1640. The van der Waals surface area contributed by atoms with E-state index < -0.39 is 12.1 Å². The molecule has 46 heavy (non-hydrogen) atoms. The van der Waals surface area contributed by atoms with Gasteiger partial charge in [0.2, 0.25) is 5.82 Å². The molecule has 3 N–H and O–H groups in total. The standard InChI is InChI=1S/C23H28N4O4.C11H14N2O2/c1-14-8-17(9-15(2)21(14)30-13-19(29)12-28)22-25-23(31-26-22)18-10-16(3)24-20(11-18)27-6-4-5-7-27;1-8-6-9(11(14)15)7-10(12-8)13-4-2-3-5-13/h8-11,19,28-29H,4-7,12-13H2,1-3H3;6-7H,2-5H2,1H3,(H,14,15). The van der Waals surface area contributed by atoms with E-state index in [0.29, 0.717) is 23.0 Å². The van der Waals surface area contributed by atoms with Crippen molar-refractivity contribution in [3.05, 3.63) is 64.5 Å². The average molecular weight is 631 g/mol. The van der Waals surface area contributed by atoms with Crippen LogP contribution in [0.4, 0.5) is 11.6 Å². The first-order chi connectivity index (χ1) is 22.1. The van der Waals surface area contributed by atoms with Crippen molar-refractivity contribution in [1.29, 1.82) is 0 Å². The normalized spacial score (nSPS) is 15.1. The van der Waals surface area contributed by atoms with Crippen LogP contribution in [0.2, 0.25) is 0 Å². The predicted octanol–water partition coefficient (Wildman–Crippen LogP) is 4.74. The van der Waals surface area contributed by atoms with Gasteiger partial charge in [-0.05, 0) is 101 Å². The second kappa shape index (κ2) is 14.7. The van der Waals surface area contributed by atoms with E-state index in [4.69, 9.17) is 19.5 Å². The molecule has 2 saturated heterocycles. The molecule has 0 aliphatic carbocycles. The Hall–Kier alpha value is -4.55. The number of benzene rings is 1. The highest BCUT2D eigenvalue weighted by atomic mass is 16.5. The number of rotatable bonds is 9. The van der Waals surface area contributed by atoms with Gasteiger partial charge in [-0.3, -0.25) is 0 Å². The highest BCUT2D eigenvalue weighted by Gasteiger charge is 2.19. The first kappa shape index (κ1) is 32.8. The zero-order valence-corrected chi connectivity index (χ0v) is 26.9. The van der Waals surface area contributed by atoms with E-state index in [9.17, 15) is 9.90 Å². The Kier molecular flexibility index (Phi) is 10.5. The van der Waals surface area contributed by atoms with Crippen LogP contribution < -0.4 is 14.5 Å². The van der Waals surface area contributed by atoms with Crippen molar-refractivity contribution < 1.29 is 29.4 Å². The molecule has 5 heterocycles. The van der Waals surface area contributed by atoms with E-state index in [2.05, 4.69) is 29.9 Å². The van der Waals surface area contributed by atoms with Crippen LogP contribution in [0, 0.1) is 27.7 Å². The number of aromatic carboxylic acids is 1. The lowest BCUT2D eigenvalue weighted by atomic mass is 10.1. The van der Waals surface area contributed by atoms with Crippen molar-refractivity contribution in [1.82, 2.24) is 20.1 Å². The molecule has 0 bridgehead atoms. The molecule has 0 radical (unpaired) electrons. The second-order valence-electron chi connectivity index (χ2n) is 11.9. The molecule has 0 spiro atoms. The molecule has 1 atom stereocenters. The highest BCUT2D eigenvalue weighted by molar-refractivity contribution is 5.88. The van der Waals surface area contributed by atoms with Crippen LogP contribution in [0.25, 0.3) is 22.8 Å². The van der Waals surface area contributed by atoms with Crippen molar-refractivity contribution in [2.75, 3.05) is 49.2 Å². The number of ether oxygens (including phenoxy) is 1. The van der Waals surface area contributed by atoms with Gasteiger partial charge in [0.05, 0.1) is 12.2 Å². The van der Waals surface area contributed by atoms with Crippen LogP contribution >= 0.6 is 0 Å². The predicted molar refractivity (Wildman–Crippen MR) is 175 cm³/mol. The van der Waals surface area contributed by atoms with Crippen molar-refractivity contribution in [2.24, 2.45) is 0 Å². The van der Waals surface area contributed by atoms with Crippen LogP contribution in [0.5, 0.6) is 5.75 Å². The number of hydrogen-bond donors (Lipinski definition) is 3. The van der Waals surface area contributed by atoms with E-state index in [1.54, 1.807) is 12.1 Å². The van der Waals surface area contributed by atoms with E-state index in [0.717, 1.165) is 84.3 Å². The minimum atomic E-state index is -0.910. The highest BCUT2D eigenvalue weighted by Crippen LogP contribution is 2.31. The first-order valence-corrected chi connectivity index (χ1v) is 15.7. The maximum Gasteiger partial charge on any atom is 0.335 e. The first-order valence-electron chi connectivity index (χ1n) is 15.7. The third-order valence-electron chi connectivity index (χ3n) is 8.01. The maximum atomic E-state index is 10.9. The summed E-state index contributed by atoms with van der Waals surface area (Å²) in [6, 6.07) is 11.1. The van der Waals surface area contributed by atoms with Crippen molar-refractivity contribution in [2.45, 2.75) is 59.5 Å². The number of aliphatic hydroxyl groups is 2. The number of carbonyl (C=O) groups is 1. The third kappa shape index (κ3) is 7.99. The third-order valence-corrected chi connectivity index (χ3v) is 8.01. The SMILES string of the molecule is Cc1cc(-c2nc(-c3cc(C)c(OCC(O)CO)c(C)c3)no2)cc(N2CCCC2)n1.Cc1cc(C(=O)O)cc(N2CCCC2)n1. The summed E-state index contributed by atoms with van der Waals surface area (Å²) in [5.41, 5.74) is 5.47. The number of aliphatic hydroxyl groups excluding tert-OH is 2. The summed E-state index contributed by atoms with van der Waals surface area (Å²) in [4.78, 5) is 28.9.